The van der Waals surface area contributed by atoms with Crippen LogP contribution in [0.2, 0.25) is 0 Å². The predicted molar refractivity (Wildman–Crippen MR) is 82.8 cm³/mol. The first kappa shape index (κ1) is 13.1. The molecular weight excluding hydrogens is 248 g/mol. The molecule has 0 aliphatic carbocycles. The summed E-state index contributed by atoms with van der Waals surface area (Å²) in [6, 6.07) is 4.50. The number of likely N-dealkylation sites (tertiary alicyclic amines) is 1. The lowest BCUT2D eigenvalue weighted by molar-refractivity contribution is 0.240. The Labute approximate surface area is 119 Å². The maximum Gasteiger partial charge on any atom is 0.0964 e. The van der Waals surface area contributed by atoms with Crippen LogP contribution in [-0.2, 0) is 0 Å². The van der Waals surface area contributed by atoms with Gasteiger partial charge in [0.2, 0.25) is 0 Å². The van der Waals surface area contributed by atoms with E-state index < -0.39 is 0 Å². The smallest absolute Gasteiger partial charge is 0.0964 e. The maximum absolute atomic E-state index is 4.46. The highest BCUT2D eigenvalue weighted by molar-refractivity contribution is 5.89. The number of hydrogen-bond acceptors (Lipinski definition) is 4. The first-order valence-electron chi connectivity index (χ1n) is 7.15. The van der Waals surface area contributed by atoms with Crippen molar-refractivity contribution in [3.63, 3.8) is 0 Å². The molecule has 0 aromatic carbocycles. The predicted octanol–water partition coefficient (Wildman–Crippen LogP) is 2.69. The van der Waals surface area contributed by atoms with Crippen LogP contribution in [0.3, 0.4) is 0 Å². The third-order valence-corrected chi connectivity index (χ3v) is 3.85. The van der Waals surface area contributed by atoms with Gasteiger partial charge in [-0.15, -0.1) is 6.58 Å². The van der Waals surface area contributed by atoms with Crippen LogP contribution < -0.4 is 5.32 Å². The molecule has 4 heteroatoms. The molecule has 1 fully saturated rings. The van der Waals surface area contributed by atoms with E-state index in [0.29, 0.717) is 6.04 Å². The fourth-order valence-corrected chi connectivity index (χ4v) is 2.77. The molecule has 0 spiro atoms. The van der Waals surface area contributed by atoms with Gasteiger partial charge in [0.25, 0.3) is 0 Å². The molecule has 0 amide bonds. The van der Waals surface area contributed by atoms with Gasteiger partial charge in [-0.25, -0.2) is 0 Å². The Hall–Kier alpha value is -1.94. The van der Waals surface area contributed by atoms with Crippen molar-refractivity contribution in [1.82, 2.24) is 14.9 Å². The normalized spacial score (nSPS) is 17.2. The molecule has 104 valence electrons. The van der Waals surface area contributed by atoms with E-state index in [1.54, 1.807) is 0 Å². The zero-order valence-corrected chi connectivity index (χ0v) is 11.6. The van der Waals surface area contributed by atoms with E-state index in [0.717, 1.165) is 49.1 Å². The zero-order valence-electron chi connectivity index (χ0n) is 11.6. The van der Waals surface area contributed by atoms with Gasteiger partial charge in [-0.05, 0) is 25.0 Å². The molecule has 4 nitrogen and oxygen atoms in total. The van der Waals surface area contributed by atoms with E-state index in [9.17, 15) is 0 Å². The molecule has 3 rings (SSSR count). The minimum Gasteiger partial charge on any atom is -0.379 e. The molecule has 20 heavy (non-hydrogen) atoms. The summed E-state index contributed by atoms with van der Waals surface area (Å²) in [6.07, 6.45) is 9.85. The van der Waals surface area contributed by atoms with E-state index in [2.05, 4.69) is 26.8 Å². The van der Waals surface area contributed by atoms with Crippen molar-refractivity contribution in [2.24, 2.45) is 0 Å². The number of nitrogens with one attached hydrogen (secondary N) is 1. The zero-order chi connectivity index (χ0) is 13.8. The van der Waals surface area contributed by atoms with Crippen LogP contribution in [0.25, 0.3) is 10.9 Å². The number of nitrogens with zero attached hydrogens (tertiary/aromatic N) is 3. The van der Waals surface area contributed by atoms with Gasteiger partial charge >= 0.3 is 0 Å². The van der Waals surface area contributed by atoms with Gasteiger partial charge in [0, 0.05) is 43.5 Å². The van der Waals surface area contributed by atoms with Crippen LogP contribution in [0, 0.1) is 0 Å². The molecular formula is C16H20N4. The van der Waals surface area contributed by atoms with Gasteiger partial charge in [-0.3, -0.25) is 14.9 Å². The molecule has 1 N–H and O–H groups in total. The Morgan fingerprint density at radius 3 is 3.00 bits per heavy atom. The Bertz CT molecular complexity index is 583. The number of aromatic nitrogens is 2. The van der Waals surface area contributed by atoms with Crippen molar-refractivity contribution in [3.05, 3.63) is 43.4 Å². The van der Waals surface area contributed by atoms with Crippen LogP contribution in [0.4, 0.5) is 5.69 Å². The maximum atomic E-state index is 4.46. The molecule has 0 saturated carbocycles. The standard InChI is InChI=1S/C16H20N4/c1-2-8-20-9-5-14(6-10-20)19-15-12-17-11-13-4-3-7-18-16(13)15/h2-4,7,11-12,14,19H,1,5-6,8-10H2. The van der Waals surface area contributed by atoms with E-state index in [1.807, 2.05) is 36.8 Å². The highest BCUT2D eigenvalue weighted by Crippen LogP contribution is 2.22. The van der Waals surface area contributed by atoms with E-state index >= 15 is 0 Å². The Morgan fingerprint density at radius 1 is 1.35 bits per heavy atom. The molecule has 0 unspecified atom stereocenters. The van der Waals surface area contributed by atoms with Crippen LogP contribution in [0.1, 0.15) is 12.8 Å². The van der Waals surface area contributed by atoms with Crippen molar-refractivity contribution in [2.75, 3.05) is 25.0 Å². The highest BCUT2D eigenvalue weighted by Gasteiger charge is 2.18. The SMILES string of the molecule is C=CCN1CCC(Nc2cncc3cccnc23)CC1. The number of pyridine rings is 2. The number of rotatable bonds is 4. The second-order valence-corrected chi connectivity index (χ2v) is 5.27. The third-order valence-electron chi connectivity index (χ3n) is 3.85. The average molecular weight is 268 g/mol. The van der Waals surface area contributed by atoms with Crippen LogP contribution in [0.5, 0.6) is 0 Å². The molecule has 3 heterocycles. The summed E-state index contributed by atoms with van der Waals surface area (Å²) >= 11 is 0. The highest BCUT2D eigenvalue weighted by atomic mass is 15.1. The number of hydrogen-bond donors (Lipinski definition) is 1. The largest absolute Gasteiger partial charge is 0.379 e. The second kappa shape index (κ2) is 6.01. The molecule has 0 bridgehead atoms. The third kappa shape index (κ3) is 2.80. The Kier molecular flexibility index (Phi) is 3.92. The number of anilines is 1. The fourth-order valence-electron chi connectivity index (χ4n) is 2.77. The molecule has 1 aliphatic rings. The van der Waals surface area contributed by atoms with Gasteiger partial charge in [0.1, 0.15) is 0 Å². The van der Waals surface area contributed by atoms with Crippen molar-refractivity contribution in [3.8, 4) is 0 Å². The Morgan fingerprint density at radius 2 is 2.20 bits per heavy atom. The lowest BCUT2D eigenvalue weighted by Crippen LogP contribution is -2.39. The average Bonchev–Trinajstić information content (AvgIpc) is 2.50. The Balaban J connectivity index is 1.70. The molecule has 2 aromatic rings. The van der Waals surface area contributed by atoms with Crippen molar-refractivity contribution >= 4 is 16.6 Å². The lowest BCUT2D eigenvalue weighted by atomic mass is 10.0. The van der Waals surface area contributed by atoms with E-state index in [1.165, 1.54) is 0 Å². The number of fused-ring (bicyclic) bond motifs is 1. The van der Waals surface area contributed by atoms with Crippen LogP contribution >= 0.6 is 0 Å². The van der Waals surface area contributed by atoms with Gasteiger partial charge in [0.05, 0.1) is 17.4 Å². The molecule has 1 saturated heterocycles. The fraction of sp³-hybridized carbons (Fsp3) is 0.375. The van der Waals surface area contributed by atoms with Crippen LogP contribution in [-0.4, -0.2) is 40.5 Å². The quantitative estimate of drug-likeness (QED) is 0.866. The molecule has 0 atom stereocenters. The summed E-state index contributed by atoms with van der Waals surface area (Å²) in [6.45, 7) is 7.03. The summed E-state index contributed by atoms with van der Waals surface area (Å²) < 4.78 is 0. The molecule has 2 aromatic heterocycles. The lowest BCUT2D eigenvalue weighted by Gasteiger charge is -2.32. The summed E-state index contributed by atoms with van der Waals surface area (Å²) in [7, 11) is 0. The summed E-state index contributed by atoms with van der Waals surface area (Å²) in [5.74, 6) is 0. The van der Waals surface area contributed by atoms with Crippen molar-refractivity contribution < 1.29 is 0 Å². The second-order valence-electron chi connectivity index (χ2n) is 5.27. The first-order chi connectivity index (χ1) is 9.86. The minimum absolute atomic E-state index is 0.505. The van der Waals surface area contributed by atoms with E-state index in [-0.39, 0.29) is 0 Å². The minimum atomic E-state index is 0.505. The monoisotopic (exact) mass is 268 g/mol. The summed E-state index contributed by atoms with van der Waals surface area (Å²) in [4.78, 5) is 11.2. The van der Waals surface area contributed by atoms with Gasteiger partial charge < -0.3 is 5.32 Å². The van der Waals surface area contributed by atoms with E-state index in [4.69, 9.17) is 0 Å². The van der Waals surface area contributed by atoms with Gasteiger partial charge in [0.15, 0.2) is 0 Å². The van der Waals surface area contributed by atoms with Crippen LogP contribution in [0.15, 0.2) is 43.4 Å². The van der Waals surface area contributed by atoms with Gasteiger partial charge in [-0.1, -0.05) is 6.08 Å². The molecule has 0 radical (unpaired) electrons. The summed E-state index contributed by atoms with van der Waals surface area (Å²) in [5, 5.41) is 4.69. The number of piperidine rings is 1. The van der Waals surface area contributed by atoms with Crippen molar-refractivity contribution in [2.45, 2.75) is 18.9 Å². The van der Waals surface area contributed by atoms with Gasteiger partial charge in [-0.2, -0.15) is 0 Å². The van der Waals surface area contributed by atoms with Crippen molar-refractivity contribution in [1.29, 1.82) is 0 Å². The first-order valence-corrected chi connectivity index (χ1v) is 7.15. The summed E-state index contributed by atoms with van der Waals surface area (Å²) in [5.41, 5.74) is 2.06. The topological polar surface area (TPSA) is 41.0 Å². The molecule has 1 aliphatic heterocycles.